The van der Waals surface area contributed by atoms with Crippen LogP contribution in [-0.2, 0) is 9.59 Å². The first-order valence-corrected chi connectivity index (χ1v) is 4.14. The molecule has 0 rings (SSSR count). The lowest BCUT2D eigenvalue weighted by Gasteiger charge is -2.27. The van der Waals surface area contributed by atoms with Crippen LogP contribution in [0, 0.1) is 0 Å². The van der Waals surface area contributed by atoms with E-state index in [9.17, 15) is 9.59 Å². The maximum atomic E-state index is 11.5. The van der Waals surface area contributed by atoms with E-state index >= 15 is 0 Å². The molecule has 4 N–H and O–H groups in total. The SMILES string of the molecule is CCC(C)(N)C(=O)N(C)CC(N)=O. The van der Waals surface area contributed by atoms with Crippen molar-refractivity contribution < 1.29 is 9.59 Å². The number of primary amides is 1. The summed E-state index contributed by atoms with van der Waals surface area (Å²) in [4.78, 5) is 23.3. The van der Waals surface area contributed by atoms with Gasteiger partial charge in [0, 0.05) is 7.05 Å². The van der Waals surface area contributed by atoms with Crippen LogP contribution in [0.25, 0.3) is 0 Å². The van der Waals surface area contributed by atoms with Gasteiger partial charge in [-0.3, -0.25) is 9.59 Å². The predicted molar refractivity (Wildman–Crippen MR) is 49.7 cm³/mol. The van der Waals surface area contributed by atoms with Gasteiger partial charge in [0.1, 0.15) is 0 Å². The molecule has 1 unspecified atom stereocenters. The van der Waals surface area contributed by atoms with Gasteiger partial charge in [-0.2, -0.15) is 0 Å². The molecular weight excluding hydrogens is 170 g/mol. The molecule has 0 fully saturated rings. The molecule has 5 heteroatoms. The Bertz CT molecular complexity index is 213. The van der Waals surface area contributed by atoms with Crippen LogP contribution in [0.1, 0.15) is 20.3 Å². The van der Waals surface area contributed by atoms with Crippen molar-refractivity contribution in [2.45, 2.75) is 25.8 Å². The highest BCUT2D eigenvalue weighted by molar-refractivity contribution is 5.89. The summed E-state index contributed by atoms with van der Waals surface area (Å²) in [7, 11) is 1.51. The van der Waals surface area contributed by atoms with Crippen molar-refractivity contribution in [3.63, 3.8) is 0 Å². The third kappa shape index (κ3) is 3.42. The molecular formula is C8H17N3O2. The summed E-state index contributed by atoms with van der Waals surface area (Å²) < 4.78 is 0. The van der Waals surface area contributed by atoms with Crippen molar-refractivity contribution in [2.24, 2.45) is 11.5 Å². The number of carbonyl (C=O) groups is 2. The van der Waals surface area contributed by atoms with Gasteiger partial charge >= 0.3 is 0 Å². The maximum Gasteiger partial charge on any atom is 0.242 e. The number of nitrogens with zero attached hydrogens (tertiary/aromatic N) is 1. The molecule has 13 heavy (non-hydrogen) atoms. The lowest BCUT2D eigenvalue weighted by atomic mass is 9.99. The van der Waals surface area contributed by atoms with Gasteiger partial charge in [-0.05, 0) is 13.3 Å². The average molecular weight is 187 g/mol. The first-order valence-electron chi connectivity index (χ1n) is 4.14. The molecule has 5 nitrogen and oxygen atoms in total. The molecule has 0 aliphatic heterocycles. The zero-order valence-electron chi connectivity index (χ0n) is 8.33. The predicted octanol–water partition coefficient (Wildman–Crippen LogP) is -0.942. The van der Waals surface area contributed by atoms with E-state index in [-0.39, 0.29) is 12.5 Å². The van der Waals surface area contributed by atoms with Gasteiger partial charge in [-0.25, -0.2) is 0 Å². The van der Waals surface area contributed by atoms with Crippen molar-refractivity contribution >= 4 is 11.8 Å². The highest BCUT2D eigenvalue weighted by atomic mass is 16.2. The highest BCUT2D eigenvalue weighted by Gasteiger charge is 2.29. The summed E-state index contributed by atoms with van der Waals surface area (Å²) in [6.45, 7) is 3.36. The molecule has 0 saturated carbocycles. The minimum Gasteiger partial charge on any atom is -0.368 e. The van der Waals surface area contributed by atoms with Gasteiger partial charge in [0.2, 0.25) is 11.8 Å². The van der Waals surface area contributed by atoms with Crippen molar-refractivity contribution in [3.8, 4) is 0 Å². The molecule has 0 aromatic rings. The quantitative estimate of drug-likeness (QED) is 0.595. The van der Waals surface area contributed by atoms with Crippen LogP contribution in [0.15, 0.2) is 0 Å². The third-order valence-electron chi connectivity index (χ3n) is 1.96. The Morgan fingerprint density at radius 3 is 2.23 bits per heavy atom. The molecule has 0 saturated heterocycles. The summed E-state index contributed by atoms with van der Waals surface area (Å²) in [6, 6.07) is 0. The standard InChI is InChI=1S/C8H17N3O2/c1-4-8(2,10)7(13)11(3)5-6(9)12/h4-5,10H2,1-3H3,(H2,9,12). The van der Waals surface area contributed by atoms with E-state index in [0.29, 0.717) is 6.42 Å². The molecule has 2 amide bonds. The van der Waals surface area contributed by atoms with Gasteiger partial charge in [-0.1, -0.05) is 6.92 Å². The Morgan fingerprint density at radius 2 is 1.92 bits per heavy atom. The molecule has 0 aromatic heterocycles. The molecule has 0 heterocycles. The monoisotopic (exact) mass is 187 g/mol. The number of rotatable bonds is 4. The second-order valence-corrected chi connectivity index (χ2v) is 3.40. The summed E-state index contributed by atoms with van der Waals surface area (Å²) in [5, 5.41) is 0. The summed E-state index contributed by atoms with van der Waals surface area (Å²) in [5.41, 5.74) is 9.72. The Labute approximate surface area is 78.1 Å². The zero-order valence-corrected chi connectivity index (χ0v) is 8.33. The fourth-order valence-electron chi connectivity index (χ4n) is 0.893. The lowest BCUT2D eigenvalue weighted by Crippen LogP contribution is -2.53. The van der Waals surface area contributed by atoms with Gasteiger partial charge in [0.15, 0.2) is 0 Å². The van der Waals surface area contributed by atoms with Crippen LogP contribution in [-0.4, -0.2) is 35.8 Å². The van der Waals surface area contributed by atoms with E-state index in [0.717, 1.165) is 0 Å². The second kappa shape index (κ2) is 4.23. The van der Waals surface area contributed by atoms with Crippen molar-refractivity contribution in [1.29, 1.82) is 0 Å². The second-order valence-electron chi connectivity index (χ2n) is 3.40. The van der Waals surface area contributed by atoms with Gasteiger partial charge in [-0.15, -0.1) is 0 Å². The molecule has 0 spiro atoms. The Hall–Kier alpha value is -1.10. The van der Waals surface area contributed by atoms with Crippen molar-refractivity contribution in [3.05, 3.63) is 0 Å². The van der Waals surface area contributed by atoms with Crippen LogP contribution in [0.5, 0.6) is 0 Å². The normalized spacial score (nSPS) is 14.8. The number of hydrogen-bond donors (Lipinski definition) is 2. The number of amides is 2. The molecule has 1 atom stereocenters. The lowest BCUT2D eigenvalue weighted by molar-refractivity contribution is -0.138. The van der Waals surface area contributed by atoms with E-state index < -0.39 is 11.4 Å². The number of hydrogen-bond acceptors (Lipinski definition) is 3. The minimum atomic E-state index is -0.913. The topological polar surface area (TPSA) is 89.4 Å². The van der Waals surface area contributed by atoms with Crippen LogP contribution in [0.4, 0.5) is 0 Å². The van der Waals surface area contributed by atoms with Gasteiger partial charge in [0.25, 0.3) is 0 Å². The van der Waals surface area contributed by atoms with Crippen LogP contribution < -0.4 is 11.5 Å². The van der Waals surface area contributed by atoms with E-state index in [1.165, 1.54) is 11.9 Å². The fourth-order valence-corrected chi connectivity index (χ4v) is 0.893. The molecule has 0 radical (unpaired) electrons. The third-order valence-corrected chi connectivity index (χ3v) is 1.96. The highest BCUT2D eigenvalue weighted by Crippen LogP contribution is 2.07. The minimum absolute atomic E-state index is 0.0916. The summed E-state index contributed by atoms with van der Waals surface area (Å²) in [5.74, 6) is -0.809. The Morgan fingerprint density at radius 1 is 1.46 bits per heavy atom. The maximum absolute atomic E-state index is 11.5. The number of likely N-dealkylation sites (N-methyl/N-ethyl adjacent to an activating group) is 1. The first kappa shape index (κ1) is 11.9. The van der Waals surface area contributed by atoms with Gasteiger partial charge < -0.3 is 16.4 Å². The molecule has 76 valence electrons. The Balaban J connectivity index is 4.34. The molecule has 0 aliphatic rings. The molecule has 0 bridgehead atoms. The zero-order chi connectivity index (χ0) is 10.6. The fraction of sp³-hybridized carbons (Fsp3) is 0.750. The smallest absolute Gasteiger partial charge is 0.242 e. The number of nitrogens with two attached hydrogens (primary N) is 2. The molecule has 0 aromatic carbocycles. The Kier molecular flexibility index (Phi) is 3.87. The van der Waals surface area contributed by atoms with Crippen LogP contribution in [0.2, 0.25) is 0 Å². The van der Waals surface area contributed by atoms with E-state index in [1.807, 2.05) is 6.92 Å². The van der Waals surface area contributed by atoms with Crippen LogP contribution in [0.3, 0.4) is 0 Å². The number of carbonyl (C=O) groups excluding carboxylic acids is 2. The van der Waals surface area contributed by atoms with Crippen molar-refractivity contribution in [2.75, 3.05) is 13.6 Å². The van der Waals surface area contributed by atoms with E-state index in [2.05, 4.69) is 0 Å². The summed E-state index contributed by atoms with van der Waals surface area (Å²) in [6.07, 6.45) is 0.523. The van der Waals surface area contributed by atoms with Crippen molar-refractivity contribution in [1.82, 2.24) is 4.90 Å². The van der Waals surface area contributed by atoms with Gasteiger partial charge in [0.05, 0.1) is 12.1 Å². The average Bonchev–Trinajstić information content (AvgIpc) is 2.01. The largest absolute Gasteiger partial charge is 0.368 e. The van der Waals surface area contributed by atoms with E-state index in [4.69, 9.17) is 11.5 Å². The van der Waals surface area contributed by atoms with E-state index in [1.54, 1.807) is 6.92 Å². The first-order chi connectivity index (χ1) is 5.81. The molecule has 0 aliphatic carbocycles. The van der Waals surface area contributed by atoms with Crippen LogP contribution >= 0.6 is 0 Å². The summed E-state index contributed by atoms with van der Waals surface area (Å²) >= 11 is 0.